The second-order valence-electron chi connectivity index (χ2n) is 7.03. The fourth-order valence-corrected chi connectivity index (χ4v) is 4.43. The zero-order chi connectivity index (χ0) is 20.9. The molecule has 0 saturated carbocycles. The fourth-order valence-electron chi connectivity index (χ4n) is 3.25. The number of anilines is 2. The Morgan fingerprint density at radius 3 is 2.43 bits per heavy atom. The van der Waals surface area contributed by atoms with Crippen molar-refractivity contribution in [1.82, 2.24) is 0 Å². The number of benzene rings is 3. The van der Waals surface area contributed by atoms with Crippen molar-refractivity contribution >= 4 is 35.0 Å². The minimum absolute atomic E-state index is 0.0556. The van der Waals surface area contributed by atoms with E-state index in [4.69, 9.17) is 4.74 Å². The first-order chi connectivity index (χ1) is 14.6. The zero-order valence-electron chi connectivity index (χ0n) is 16.6. The molecule has 0 radical (unpaired) electrons. The summed E-state index contributed by atoms with van der Waals surface area (Å²) < 4.78 is 5.47. The number of hydrogen-bond donors (Lipinski definition) is 1. The Kier molecular flexibility index (Phi) is 6.05. The van der Waals surface area contributed by atoms with Crippen molar-refractivity contribution in [2.45, 2.75) is 12.3 Å². The van der Waals surface area contributed by atoms with Gasteiger partial charge >= 0.3 is 0 Å². The first-order valence-corrected chi connectivity index (χ1v) is 10.7. The predicted octanol–water partition coefficient (Wildman–Crippen LogP) is 4.79. The molecule has 1 aliphatic rings. The molecule has 1 heterocycles. The molecule has 0 bridgehead atoms. The van der Waals surface area contributed by atoms with E-state index in [-0.39, 0.29) is 23.8 Å². The summed E-state index contributed by atoms with van der Waals surface area (Å²) in [6.07, 6.45) is 0. The SMILES string of the molecule is Cc1ccc(N2C(=O)CS[C@H]2c2ccc(NC(=O)COc3ccccc3)cc2)cc1. The van der Waals surface area contributed by atoms with Gasteiger partial charge in [-0.2, -0.15) is 0 Å². The lowest BCUT2D eigenvalue weighted by Crippen LogP contribution is -2.27. The van der Waals surface area contributed by atoms with Gasteiger partial charge in [0, 0.05) is 11.4 Å². The van der Waals surface area contributed by atoms with Crippen molar-refractivity contribution in [3.05, 3.63) is 90.0 Å². The molecule has 1 N–H and O–H groups in total. The second kappa shape index (κ2) is 9.05. The summed E-state index contributed by atoms with van der Waals surface area (Å²) in [6, 6.07) is 24.8. The van der Waals surface area contributed by atoms with Crippen LogP contribution in [0.1, 0.15) is 16.5 Å². The zero-order valence-corrected chi connectivity index (χ0v) is 17.4. The minimum atomic E-state index is -0.224. The molecule has 1 fully saturated rings. The van der Waals surface area contributed by atoms with Crippen molar-refractivity contribution in [3.63, 3.8) is 0 Å². The summed E-state index contributed by atoms with van der Waals surface area (Å²) in [6.45, 7) is 1.97. The first kappa shape index (κ1) is 20.0. The molecule has 1 saturated heterocycles. The molecule has 30 heavy (non-hydrogen) atoms. The maximum absolute atomic E-state index is 12.5. The highest BCUT2D eigenvalue weighted by atomic mass is 32.2. The number of carbonyl (C=O) groups excluding carboxylic acids is 2. The topological polar surface area (TPSA) is 58.6 Å². The van der Waals surface area contributed by atoms with Crippen LogP contribution in [0.4, 0.5) is 11.4 Å². The number of nitrogens with one attached hydrogen (secondary N) is 1. The molecular weight excluding hydrogens is 396 g/mol. The Morgan fingerprint density at radius 2 is 1.73 bits per heavy atom. The summed E-state index contributed by atoms with van der Waals surface area (Å²) in [5, 5.41) is 2.76. The molecule has 1 atom stereocenters. The van der Waals surface area contributed by atoms with E-state index in [1.165, 1.54) is 0 Å². The van der Waals surface area contributed by atoms with Gasteiger partial charge in [-0.05, 0) is 48.9 Å². The number of rotatable bonds is 6. The third-order valence-electron chi connectivity index (χ3n) is 4.77. The van der Waals surface area contributed by atoms with E-state index in [1.54, 1.807) is 11.8 Å². The summed E-state index contributed by atoms with van der Waals surface area (Å²) in [7, 11) is 0. The number of carbonyl (C=O) groups is 2. The van der Waals surface area contributed by atoms with E-state index >= 15 is 0 Å². The summed E-state index contributed by atoms with van der Waals surface area (Å²) in [5.74, 6) is 0.984. The van der Waals surface area contributed by atoms with Crippen molar-refractivity contribution in [3.8, 4) is 5.75 Å². The number of amides is 2. The Labute approximate surface area is 180 Å². The van der Waals surface area contributed by atoms with Crippen LogP contribution in [0.5, 0.6) is 5.75 Å². The first-order valence-electron chi connectivity index (χ1n) is 9.68. The smallest absolute Gasteiger partial charge is 0.262 e. The number of aryl methyl sites for hydroxylation is 1. The highest BCUT2D eigenvalue weighted by Crippen LogP contribution is 2.41. The van der Waals surface area contributed by atoms with E-state index in [9.17, 15) is 9.59 Å². The van der Waals surface area contributed by atoms with Crippen LogP contribution in [0.2, 0.25) is 0 Å². The molecule has 3 aromatic carbocycles. The van der Waals surface area contributed by atoms with Crippen molar-refractivity contribution in [2.24, 2.45) is 0 Å². The van der Waals surface area contributed by atoms with Gasteiger partial charge in [-0.15, -0.1) is 11.8 Å². The highest BCUT2D eigenvalue weighted by Gasteiger charge is 2.33. The summed E-state index contributed by atoms with van der Waals surface area (Å²) in [5.41, 5.74) is 3.77. The van der Waals surface area contributed by atoms with Crippen molar-refractivity contribution in [2.75, 3.05) is 22.6 Å². The van der Waals surface area contributed by atoms with Crippen LogP contribution in [-0.4, -0.2) is 24.2 Å². The largest absolute Gasteiger partial charge is 0.484 e. The third kappa shape index (κ3) is 4.66. The number of para-hydroxylation sites is 1. The van der Waals surface area contributed by atoms with Crippen molar-refractivity contribution in [1.29, 1.82) is 0 Å². The molecule has 3 aromatic rings. The quantitative estimate of drug-likeness (QED) is 0.625. The molecule has 5 nitrogen and oxygen atoms in total. The normalized spacial score (nSPS) is 15.8. The molecule has 152 valence electrons. The Bertz CT molecular complexity index is 1020. The van der Waals surface area contributed by atoms with Crippen LogP contribution in [0, 0.1) is 6.92 Å². The summed E-state index contributed by atoms with van der Waals surface area (Å²) >= 11 is 1.61. The van der Waals surface area contributed by atoms with Gasteiger partial charge in [-0.1, -0.05) is 48.0 Å². The molecule has 0 aromatic heterocycles. The lowest BCUT2D eigenvalue weighted by Gasteiger charge is -2.24. The average Bonchev–Trinajstić information content (AvgIpc) is 3.15. The van der Waals surface area contributed by atoms with Crippen LogP contribution in [0.15, 0.2) is 78.9 Å². The van der Waals surface area contributed by atoms with Gasteiger partial charge in [-0.3, -0.25) is 14.5 Å². The number of nitrogens with zero attached hydrogens (tertiary/aromatic N) is 1. The van der Waals surface area contributed by atoms with Gasteiger partial charge < -0.3 is 10.1 Å². The molecule has 0 aliphatic carbocycles. The highest BCUT2D eigenvalue weighted by molar-refractivity contribution is 8.00. The maximum Gasteiger partial charge on any atom is 0.262 e. The number of thioether (sulfide) groups is 1. The van der Waals surface area contributed by atoms with Gasteiger partial charge in [0.15, 0.2) is 6.61 Å². The monoisotopic (exact) mass is 418 g/mol. The van der Waals surface area contributed by atoms with E-state index in [0.717, 1.165) is 16.8 Å². The van der Waals surface area contributed by atoms with Crippen LogP contribution < -0.4 is 15.0 Å². The lowest BCUT2D eigenvalue weighted by molar-refractivity contribution is -0.118. The van der Waals surface area contributed by atoms with E-state index < -0.39 is 0 Å². The van der Waals surface area contributed by atoms with Gasteiger partial charge in [0.2, 0.25) is 5.91 Å². The van der Waals surface area contributed by atoms with E-state index in [0.29, 0.717) is 17.2 Å². The molecule has 4 rings (SSSR count). The molecule has 0 unspecified atom stereocenters. The Hall–Kier alpha value is -3.25. The average molecular weight is 419 g/mol. The lowest BCUT2D eigenvalue weighted by atomic mass is 10.1. The van der Waals surface area contributed by atoms with Crippen LogP contribution in [0.3, 0.4) is 0 Å². The van der Waals surface area contributed by atoms with Crippen molar-refractivity contribution < 1.29 is 14.3 Å². The maximum atomic E-state index is 12.5. The standard InChI is InChI=1S/C24H22N2O3S/c1-17-7-13-20(14-8-17)26-23(28)16-30-24(26)18-9-11-19(12-10-18)25-22(27)15-29-21-5-3-2-4-6-21/h2-14,24H,15-16H2,1H3,(H,25,27)/t24-/m0/s1. The fraction of sp³-hybridized carbons (Fsp3) is 0.167. The second-order valence-corrected chi connectivity index (χ2v) is 8.10. The third-order valence-corrected chi connectivity index (χ3v) is 5.99. The van der Waals surface area contributed by atoms with Crippen LogP contribution >= 0.6 is 11.8 Å². The molecule has 2 amide bonds. The Morgan fingerprint density at radius 1 is 1.03 bits per heavy atom. The van der Waals surface area contributed by atoms with Gasteiger partial charge in [0.25, 0.3) is 5.91 Å². The van der Waals surface area contributed by atoms with Crippen LogP contribution in [0.25, 0.3) is 0 Å². The predicted molar refractivity (Wildman–Crippen MR) is 121 cm³/mol. The van der Waals surface area contributed by atoms with E-state index in [1.807, 2.05) is 90.7 Å². The minimum Gasteiger partial charge on any atom is -0.484 e. The number of ether oxygens (including phenoxy) is 1. The van der Waals surface area contributed by atoms with Gasteiger partial charge in [0.05, 0.1) is 5.75 Å². The summed E-state index contributed by atoms with van der Waals surface area (Å²) in [4.78, 5) is 26.5. The van der Waals surface area contributed by atoms with Gasteiger partial charge in [0.1, 0.15) is 11.1 Å². The van der Waals surface area contributed by atoms with Crippen LogP contribution in [-0.2, 0) is 9.59 Å². The number of hydrogen-bond acceptors (Lipinski definition) is 4. The molecule has 0 spiro atoms. The Balaban J connectivity index is 1.40. The molecular formula is C24H22N2O3S. The molecule has 1 aliphatic heterocycles. The van der Waals surface area contributed by atoms with E-state index in [2.05, 4.69) is 5.32 Å². The molecule has 6 heteroatoms. The van der Waals surface area contributed by atoms with Gasteiger partial charge in [-0.25, -0.2) is 0 Å².